The maximum atomic E-state index is 12.5. The minimum atomic E-state index is -3.39. The first-order valence-corrected chi connectivity index (χ1v) is 7.83. The summed E-state index contributed by atoms with van der Waals surface area (Å²) < 4.78 is 31.6. The zero-order valence-corrected chi connectivity index (χ0v) is 12.1. The first kappa shape index (κ1) is 14.3. The lowest BCUT2D eigenvalue weighted by molar-refractivity contribution is 0.293. The molecule has 19 heavy (non-hydrogen) atoms. The quantitative estimate of drug-likeness (QED) is 0.898. The van der Waals surface area contributed by atoms with E-state index in [0.717, 1.165) is 12.8 Å². The van der Waals surface area contributed by atoms with Crippen LogP contribution in [-0.2, 0) is 10.0 Å². The molecule has 0 radical (unpaired) electrons. The van der Waals surface area contributed by atoms with Crippen molar-refractivity contribution < 1.29 is 13.2 Å². The van der Waals surface area contributed by atoms with Gasteiger partial charge in [0.1, 0.15) is 5.75 Å². The standard InChI is InChI=1S/C13H20N2O3S/c1-14-11-4-3-9-15(10-11)19(16,17)13-7-5-12(18-2)6-8-13/h5-8,11,14H,3-4,9-10H2,1-2H3/t11-/m1/s1. The summed E-state index contributed by atoms with van der Waals surface area (Å²) in [5.74, 6) is 0.658. The summed E-state index contributed by atoms with van der Waals surface area (Å²) in [7, 11) is 0.0381. The van der Waals surface area contributed by atoms with E-state index in [1.54, 1.807) is 35.7 Å². The maximum absolute atomic E-state index is 12.5. The number of sulfonamides is 1. The molecule has 0 bridgehead atoms. The van der Waals surface area contributed by atoms with E-state index in [4.69, 9.17) is 4.74 Å². The van der Waals surface area contributed by atoms with Crippen molar-refractivity contribution in [2.45, 2.75) is 23.8 Å². The van der Waals surface area contributed by atoms with E-state index in [-0.39, 0.29) is 6.04 Å². The molecule has 1 heterocycles. The maximum Gasteiger partial charge on any atom is 0.243 e. The summed E-state index contributed by atoms with van der Waals surface area (Å²) in [6.45, 7) is 1.12. The van der Waals surface area contributed by atoms with Gasteiger partial charge in [-0.25, -0.2) is 8.42 Å². The van der Waals surface area contributed by atoms with Crippen molar-refractivity contribution in [3.63, 3.8) is 0 Å². The highest BCUT2D eigenvalue weighted by atomic mass is 32.2. The van der Waals surface area contributed by atoms with Gasteiger partial charge in [0.2, 0.25) is 10.0 Å². The molecule has 0 aromatic heterocycles. The molecule has 1 N–H and O–H groups in total. The smallest absolute Gasteiger partial charge is 0.243 e. The Balaban J connectivity index is 2.20. The number of nitrogens with zero attached hydrogens (tertiary/aromatic N) is 1. The highest BCUT2D eigenvalue weighted by Crippen LogP contribution is 2.22. The number of piperidine rings is 1. The van der Waals surface area contributed by atoms with E-state index in [9.17, 15) is 8.42 Å². The van der Waals surface area contributed by atoms with E-state index in [0.29, 0.717) is 23.7 Å². The average molecular weight is 284 g/mol. The van der Waals surface area contributed by atoms with Gasteiger partial charge in [0.25, 0.3) is 0 Å². The molecule has 1 aliphatic heterocycles. The number of hydrogen-bond acceptors (Lipinski definition) is 4. The van der Waals surface area contributed by atoms with Gasteiger partial charge < -0.3 is 10.1 Å². The molecular weight excluding hydrogens is 264 g/mol. The molecule has 1 aromatic carbocycles. The minimum absolute atomic E-state index is 0.238. The molecule has 0 aliphatic carbocycles. The summed E-state index contributed by atoms with van der Waals surface area (Å²) in [6.07, 6.45) is 1.91. The number of methoxy groups -OCH3 is 1. The molecule has 1 atom stereocenters. The number of ether oxygens (including phenoxy) is 1. The molecule has 0 saturated carbocycles. The fraction of sp³-hybridized carbons (Fsp3) is 0.538. The predicted molar refractivity (Wildman–Crippen MR) is 73.8 cm³/mol. The molecule has 1 aromatic rings. The Labute approximate surface area is 114 Å². The summed E-state index contributed by atoms with van der Waals surface area (Å²) in [5.41, 5.74) is 0. The monoisotopic (exact) mass is 284 g/mol. The zero-order valence-electron chi connectivity index (χ0n) is 11.3. The topological polar surface area (TPSA) is 58.6 Å². The first-order chi connectivity index (χ1) is 9.07. The molecule has 2 rings (SSSR count). The van der Waals surface area contributed by atoms with Crippen LogP contribution in [0.4, 0.5) is 0 Å². The van der Waals surface area contributed by atoms with Crippen molar-refractivity contribution in [1.29, 1.82) is 0 Å². The van der Waals surface area contributed by atoms with Crippen LogP contribution in [0.15, 0.2) is 29.2 Å². The lowest BCUT2D eigenvalue weighted by Gasteiger charge is -2.31. The Bertz CT molecular complexity index is 513. The van der Waals surface area contributed by atoms with Gasteiger partial charge in [0, 0.05) is 19.1 Å². The SMILES string of the molecule is CN[C@@H]1CCCN(S(=O)(=O)c2ccc(OC)cc2)C1. The highest BCUT2D eigenvalue weighted by Gasteiger charge is 2.29. The molecule has 106 valence electrons. The van der Waals surface area contributed by atoms with E-state index >= 15 is 0 Å². The van der Waals surface area contributed by atoms with Crippen molar-refractivity contribution in [2.24, 2.45) is 0 Å². The lowest BCUT2D eigenvalue weighted by Crippen LogP contribution is -2.46. The predicted octanol–water partition coefficient (Wildman–Crippen LogP) is 1.07. The van der Waals surface area contributed by atoms with E-state index < -0.39 is 10.0 Å². The van der Waals surface area contributed by atoms with Crippen LogP contribution in [0.2, 0.25) is 0 Å². The molecule has 1 aliphatic rings. The number of benzene rings is 1. The summed E-state index contributed by atoms with van der Waals surface area (Å²) >= 11 is 0. The number of hydrogen-bond donors (Lipinski definition) is 1. The Hall–Kier alpha value is -1.11. The molecule has 0 unspecified atom stereocenters. The summed E-state index contributed by atoms with van der Waals surface area (Å²) in [6, 6.07) is 6.77. The van der Waals surface area contributed by atoms with Crippen molar-refractivity contribution in [3.05, 3.63) is 24.3 Å². The van der Waals surface area contributed by atoms with E-state index in [1.807, 2.05) is 7.05 Å². The average Bonchev–Trinajstić information content (AvgIpc) is 2.47. The van der Waals surface area contributed by atoms with Gasteiger partial charge in [-0.1, -0.05) is 0 Å². The summed E-state index contributed by atoms with van der Waals surface area (Å²) in [5, 5.41) is 3.15. The molecular formula is C13H20N2O3S. The molecule has 0 amide bonds. The lowest BCUT2D eigenvalue weighted by atomic mass is 10.1. The van der Waals surface area contributed by atoms with E-state index in [2.05, 4.69) is 5.32 Å². The Morgan fingerprint density at radius 1 is 1.32 bits per heavy atom. The van der Waals surface area contributed by atoms with Gasteiger partial charge in [0.05, 0.1) is 12.0 Å². The fourth-order valence-corrected chi connectivity index (χ4v) is 3.82. The van der Waals surface area contributed by atoms with Gasteiger partial charge >= 0.3 is 0 Å². The second-order valence-corrected chi connectivity index (χ2v) is 6.60. The van der Waals surface area contributed by atoms with Crippen LogP contribution >= 0.6 is 0 Å². The van der Waals surface area contributed by atoms with Crippen molar-refractivity contribution >= 4 is 10.0 Å². The first-order valence-electron chi connectivity index (χ1n) is 6.39. The van der Waals surface area contributed by atoms with Crippen LogP contribution in [0.1, 0.15) is 12.8 Å². The van der Waals surface area contributed by atoms with Crippen LogP contribution in [0.5, 0.6) is 5.75 Å². The summed E-state index contributed by atoms with van der Waals surface area (Å²) in [4.78, 5) is 0.324. The molecule has 1 fully saturated rings. The van der Waals surface area contributed by atoms with Crippen LogP contribution in [0, 0.1) is 0 Å². The zero-order chi connectivity index (χ0) is 13.9. The molecule has 5 nitrogen and oxygen atoms in total. The van der Waals surface area contributed by atoms with Crippen LogP contribution in [0.3, 0.4) is 0 Å². The number of likely N-dealkylation sites (N-methyl/N-ethyl adjacent to an activating group) is 1. The van der Waals surface area contributed by atoms with Gasteiger partial charge in [-0.05, 0) is 44.2 Å². The molecule has 6 heteroatoms. The third-order valence-corrected chi connectivity index (χ3v) is 5.37. The Kier molecular flexibility index (Phi) is 4.44. The van der Waals surface area contributed by atoms with Crippen LogP contribution in [0.25, 0.3) is 0 Å². The largest absolute Gasteiger partial charge is 0.497 e. The van der Waals surface area contributed by atoms with Gasteiger partial charge in [-0.2, -0.15) is 4.31 Å². The number of rotatable bonds is 4. The van der Waals surface area contributed by atoms with Gasteiger partial charge in [-0.15, -0.1) is 0 Å². The Morgan fingerprint density at radius 3 is 2.58 bits per heavy atom. The van der Waals surface area contributed by atoms with Gasteiger partial charge in [-0.3, -0.25) is 0 Å². The van der Waals surface area contributed by atoms with Gasteiger partial charge in [0.15, 0.2) is 0 Å². The third-order valence-electron chi connectivity index (χ3n) is 3.49. The highest BCUT2D eigenvalue weighted by molar-refractivity contribution is 7.89. The van der Waals surface area contributed by atoms with Crippen LogP contribution in [-0.4, -0.2) is 46.0 Å². The van der Waals surface area contributed by atoms with Crippen molar-refractivity contribution in [2.75, 3.05) is 27.2 Å². The van der Waals surface area contributed by atoms with Crippen LogP contribution < -0.4 is 10.1 Å². The minimum Gasteiger partial charge on any atom is -0.497 e. The fourth-order valence-electron chi connectivity index (χ4n) is 2.29. The van der Waals surface area contributed by atoms with Crippen molar-refractivity contribution in [1.82, 2.24) is 9.62 Å². The second kappa shape index (κ2) is 5.90. The third kappa shape index (κ3) is 3.08. The Morgan fingerprint density at radius 2 is 2.00 bits per heavy atom. The van der Waals surface area contributed by atoms with E-state index in [1.165, 1.54) is 0 Å². The second-order valence-electron chi connectivity index (χ2n) is 4.67. The molecule has 0 spiro atoms. The molecule has 1 saturated heterocycles. The normalized spacial score (nSPS) is 21.3. The number of nitrogens with one attached hydrogen (secondary N) is 1. The van der Waals surface area contributed by atoms with Crippen molar-refractivity contribution in [3.8, 4) is 5.75 Å².